The summed E-state index contributed by atoms with van der Waals surface area (Å²) in [5.41, 5.74) is 0. The van der Waals surface area contributed by atoms with Crippen molar-refractivity contribution >= 4 is 11.8 Å². The lowest BCUT2D eigenvalue weighted by Gasteiger charge is -2.37. The van der Waals surface area contributed by atoms with Gasteiger partial charge in [-0.25, -0.2) is 4.98 Å². The van der Waals surface area contributed by atoms with Crippen molar-refractivity contribution in [1.82, 2.24) is 15.3 Å². The Hall–Kier alpha value is -1.36. The van der Waals surface area contributed by atoms with Gasteiger partial charge in [0.2, 0.25) is 5.95 Å². The summed E-state index contributed by atoms with van der Waals surface area (Å²) in [6.45, 7) is 6.51. The van der Waals surface area contributed by atoms with Gasteiger partial charge in [0.05, 0.1) is 0 Å². The maximum absolute atomic E-state index is 4.69. The van der Waals surface area contributed by atoms with E-state index in [0.29, 0.717) is 12.1 Å². The summed E-state index contributed by atoms with van der Waals surface area (Å²) in [5.74, 6) is 1.84. The van der Waals surface area contributed by atoms with E-state index in [-0.39, 0.29) is 0 Å². The molecule has 0 amide bonds. The largest absolute Gasteiger partial charge is 0.352 e. The average Bonchev–Trinajstić information content (AvgIpc) is 2.45. The van der Waals surface area contributed by atoms with Crippen LogP contribution in [0.15, 0.2) is 12.3 Å². The van der Waals surface area contributed by atoms with Gasteiger partial charge >= 0.3 is 0 Å². The Balaban J connectivity index is 2.12. The van der Waals surface area contributed by atoms with Gasteiger partial charge < -0.3 is 15.1 Å². The molecule has 2 heterocycles. The van der Waals surface area contributed by atoms with Gasteiger partial charge in [-0.1, -0.05) is 13.8 Å². The summed E-state index contributed by atoms with van der Waals surface area (Å²) in [6.07, 6.45) is 5.66. The first-order chi connectivity index (χ1) is 9.58. The highest BCUT2D eigenvalue weighted by Gasteiger charge is 2.23. The van der Waals surface area contributed by atoms with Crippen molar-refractivity contribution in [2.75, 3.05) is 37.0 Å². The lowest BCUT2D eigenvalue weighted by atomic mass is 10.0. The molecule has 0 aliphatic carbocycles. The lowest BCUT2D eigenvalue weighted by Crippen LogP contribution is -2.47. The van der Waals surface area contributed by atoms with Crippen LogP contribution in [0.5, 0.6) is 0 Å². The van der Waals surface area contributed by atoms with Gasteiger partial charge in [-0.15, -0.1) is 0 Å². The lowest BCUT2D eigenvalue weighted by molar-refractivity contribution is 0.419. The fraction of sp³-hybridized carbons (Fsp3) is 0.733. The summed E-state index contributed by atoms with van der Waals surface area (Å²) in [6, 6.07) is 3.10. The molecular weight excluding hydrogens is 250 g/mol. The van der Waals surface area contributed by atoms with Crippen molar-refractivity contribution in [2.45, 2.75) is 45.2 Å². The maximum Gasteiger partial charge on any atom is 0.226 e. The van der Waals surface area contributed by atoms with E-state index in [9.17, 15) is 0 Å². The number of rotatable bonds is 5. The van der Waals surface area contributed by atoms with Gasteiger partial charge in [-0.3, -0.25) is 0 Å². The van der Waals surface area contributed by atoms with Gasteiger partial charge in [0, 0.05) is 45.5 Å². The van der Waals surface area contributed by atoms with Gasteiger partial charge in [0.1, 0.15) is 5.82 Å². The molecule has 1 aliphatic rings. The third-order valence-corrected chi connectivity index (χ3v) is 3.71. The molecule has 1 fully saturated rings. The number of nitrogens with zero attached hydrogens (tertiary/aromatic N) is 4. The minimum Gasteiger partial charge on any atom is -0.352 e. The highest BCUT2D eigenvalue weighted by molar-refractivity contribution is 5.44. The second-order valence-electron chi connectivity index (χ2n) is 6.02. The minimum atomic E-state index is 0.529. The first-order valence-corrected chi connectivity index (χ1v) is 7.58. The molecule has 0 radical (unpaired) electrons. The smallest absolute Gasteiger partial charge is 0.226 e. The Morgan fingerprint density at radius 2 is 2.20 bits per heavy atom. The zero-order valence-electron chi connectivity index (χ0n) is 13.1. The Labute approximate surface area is 122 Å². The molecule has 2 rings (SSSR count). The molecule has 1 atom stereocenters. The highest BCUT2D eigenvalue weighted by Crippen LogP contribution is 2.23. The number of aromatic nitrogens is 2. The molecule has 0 aromatic carbocycles. The summed E-state index contributed by atoms with van der Waals surface area (Å²) >= 11 is 0. The van der Waals surface area contributed by atoms with Crippen molar-refractivity contribution in [2.24, 2.45) is 0 Å². The van der Waals surface area contributed by atoms with Crippen molar-refractivity contribution in [3.05, 3.63) is 12.3 Å². The van der Waals surface area contributed by atoms with Crippen LogP contribution in [0.4, 0.5) is 11.8 Å². The zero-order chi connectivity index (χ0) is 14.5. The summed E-state index contributed by atoms with van der Waals surface area (Å²) in [7, 11) is 3.96. The van der Waals surface area contributed by atoms with Crippen LogP contribution in [0.2, 0.25) is 0 Å². The van der Waals surface area contributed by atoms with Crippen LogP contribution < -0.4 is 15.1 Å². The van der Waals surface area contributed by atoms with E-state index in [2.05, 4.69) is 34.0 Å². The average molecular weight is 277 g/mol. The van der Waals surface area contributed by atoms with Crippen LogP contribution in [-0.4, -0.2) is 49.2 Å². The third kappa shape index (κ3) is 3.82. The molecule has 1 unspecified atom stereocenters. The first-order valence-electron chi connectivity index (χ1n) is 7.58. The molecule has 1 aromatic heterocycles. The second kappa shape index (κ2) is 6.88. The van der Waals surface area contributed by atoms with E-state index >= 15 is 0 Å². The molecule has 1 aromatic rings. The SMILES string of the molecule is CC(C)NCC1CCCCN1c1ccnc(N(C)C)n1. The first kappa shape index (κ1) is 15.0. The van der Waals surface area contributed by atoms with E-state index in [0.717, 1.165) is 24.9 Å². The van der Waals surface area contributed by atoms with Gasteiger partial charge in [-0.2, -0.15) is 4.98 Å². The van der Waals surface area contributed by atoms with Crippen LogP contribution in [0.1, 0.15) is 33.1 Å². The van der Waals surface area contributed by atoms with Gasteiger partial charge in [0.15, 0.2) is 0 Å². The molecule has 0 saturated carbocycles. The number of hydrogen-bond acceptors (Lipinski definition) is 5. The van der Waals surface area contributed by atoms with Crippen LogP contribution in [0, 0.1) is 0 Å². The zero-order valence-corrected chi connectivity index (χ0v) is 13.1. The van der Waals surface area contributed by atoms with Crippen molar-refractivity contribution in [1.29, 1.82) is 0 Å². The Kier molecular flexibility index (Phi) is 5.17. The van der Waals surface area contributed by atoms with Crippen molar-refractivity contribution in [3.8, 4) is 0 Å². The van der Waals surface area contributed by atoms with E-state index in [4.69, 9.17) is 0 Å². The molecule has 112 valence electrons. The number of piperidine rings is 1. The molecule has 5 nitrogen and oxygen atoms in total. The molecule has 5 heteroatoms. The molecule has 0 bridgehead atoms. The maximum atomic E-state index is 4.69. The van der Waals surface area contributed by atoms with E-state index in [1.165, 1.54) is 19.3 Å². The second-order valence-corrected chi connectivity index (χ2v) is 6.02. The highest BCUT2D eigenvalue weighted by atomic mass is 15.3. The number of anilines is 2. The van der Waals surface area contributed by atoms with Crippen LogP contribution in [0.3, 0.4) is 0 Å². The normalized spacial score (nSPS) is 19.4. The topological polar surface area (TPSA) is 44.3 Å². The predicted octanol–water partition coefficient (Wildman–Crippen LogP) is 1.90. The fourth-order valence-corrected chi connectivity index (χ4v) is 2.60. The molecule has 1 N–H and O–H groups in total. The number of hydrogen-bond donors (Lipinski definition) is 1. The Morgan fingerprint density at radius 1 is 1.40 bits per heavy atom. The van der Waals surface area contributed by atoms with E-state index in [1.807, 2.05) is 31.3 Å². The predicted molar refractivity (Wildman–Crippen MR) is 84.5 cm³/mol. The van der Waals surface area contributed by atoms with Crippen LogP contribution in [-0.2, 0) is 0 Å². The molecule has 0 spiro atoms. The Bertz CT molecular complexity index is 418. The molecular formula is C15H27N5. The van der Waals surface area contributed by atoms with Gasteiger partial charge in [0.25, 0.3) is 0 Å². The quantitative estimate of drug-likeness (QED) is 0.890. The van der Waals surface area contributed by atoms with E-state index in [1.54, 1.807) is 0 Å². The molecule has 20 heavy (non-hydrogen) atoms. The monoisotopic (exact) mass is 277 g/mol. The summed E-state index contributed by atoms with van der Waals surface area (Å²) in [5, 5.41) is 3.56. The fourth-order valence-electron chi connectivity index (χ4n) is 2.60. The van der Waals surface area contributed by atoms with E-state index < -0.39 is 0 Å². The summed E-state index contributed by atoms with van der Waals surface area (Å²) < 4.78 is 0. The third-order valence-electron chi connectivity index (χ3n) is 3.71. The van der Waals surface area contributed by atoms with Gasteiger partial charge in [-0.05, 0) is 25.3 Å². The minimum absolute atomic E-state index is 0.529. The number of nitrogens with one attached hydrogen (secondary N) is 1. The standard InChI is InChI=1S/C15H27N5/c1-12(2)17-11-13-7-5-6-10-20(13)14-8-9-16-15(18-14)19(3)4/h8-9,12-13,17H,5-7,10-11H2,1-4H3. The molecule has 1 aliphatic heterocycles. The molecule has 1 saturated heterocycles. The van der Waals surface area contributed by atoms with Crippen molar-refractivity contribution in [3.63, 3.8) is 0 Å². The van der Waals surface area contributed by atoms with Crippen LogP contribution in [0.25, 0.3) is 0 Å². The Morgan fingerprint density at radius 3 is 2.90 bits per heavy atom. The summed E-state index contributed by atoms with van der Waals surface area (Å²) in [4.78, 5) is 13.4. The van der Waals surface area contributed by atoms with Crippen LogP contribution >= 0.6 is 0 Å². The van der Waals surface area contributed by atoms with Crippen molar-refractivity contribution < 1.29 is 0 Å².